The molecule has 0 aliphatic rings. The molecule has 0 aliphatic heterocycles. The Morgan fingerprint density at radius 3 is 2.78 bits per heavy atom. The first kappa shape index (κ1) is 17.4. The maximum atomic E-state index is 12.6. The summed E-state index contributed by atoms with van der Waals surface area (Å²) in [5.74, 6) is 0.456. The van der Waals surface area contributed by atoms with Gasteiger partial charge in [0.25, 0.3) is 5.91 Å². The summed E-state index contributed by atoms with van der Waals surface area (Å²) in [6.45, 7) is 3.75. The molecular formula is C17H21BrN4O. The number of nitrogens with zero attached hydrogens (tertiary/aromatic N) is 2. The van der Waals surface area contributed by atoms with Gasteiger partial charge in [-0.1, -0.05) is 19.1 Å². The lowest BCUT2D eigenvalue weighted by Gasteiger charge is -2.16. The molecule has 0 saturated carbocycles. The number of anilines is 2. The van der Waals surface area contributed by atoms with Gasteiger partial charge < -0.3 is 15.5 Å². The summed E-state index contributed by atoms with van der Waals surface area (Å²) in [6, 6.07) is 9.61. The molecule has 0 radical (unpaired) electrons. The van der Waals surface area contributed by atoms with E-state index >= 15 is 0 Å². The van der Waals surface area contributed by atoms with Crippen LogP contribution in [0.15, 0.2) is 41.0 Å². The normalized spacial score (nSPS) is 10.4. The van der Waals surface area contributed by atoms with Crippen LogP contribution in [0.4, 0.5) is 11.5 Å². The zero-order chi connectivity index (χ0) is 16.8. The SMILES string of the molecule is CCNCc1cccc(NC(=O)c2cc(Br)cnc2N(C)C)c1. The van der Waals surface area contributed by atoms with Crippen molar-refractivity contribution < 1.29 is 4.79 Å². The van der Waals surface area contributed by atoms with Gasteiger partial charge in [-0.3, -0.25) is 4.79 Å². The molecule has 0 bridgehead atoms. The monoisotopic (exact) mass is 376 g/mol. The standard InChI is InChI=1S/C17H21BrN4O/c1-4-19-10-12-6-5-7-14(8-12)21-17(23)15-9-13(18)11-20-16(15)22(2)3/h5-9,11,19H,4,10H2,1-3H3,(H,21,23). The number of hydrogen-bond donors (Lipinski definition) is 2. The molecule has 2 aromatic rings. The van der Waals surface area contributed by atoms with Crippen LogP contribution in [0, 0.1) is 0 Å². The van der Waals surface area contributed by atoms with Crippen molar-refractivity contribution in [2.45, 2.75) is 13.5 Å². The third-order valence-corrected chi connectivity index (χ3v) is 3.70. The summed E-state index contributed by atoms with van der Waals surface area (Å²) in [4.78, 5) is 18.7. The highest BCUT2D eigenvalue weighted by atomic mass is 79.9. The Bertz CT molecular complexity index is 688. The lowest BCUT2D eigenvalue weighted by atomic mass is 10.1. The van der Waals surface area contributed by atoms with E-state index in [1.165, 1.54) is 0 Å². The van der Waals surface area contributed by atoms with Crippen LogP contribution < -0.4 is 15.5 Å². The smallest absolute Gasteiger partial charge is 0.259 e. The second kappa shape index (κ2) is 8.08. The van der Waals surface area contributed by atoms with Gasteiger partial charge in [0.15, 0.2) is 0 Å². The van der Waals surface area contributed by atoms with Gasteiger partial charge >= 0.3 is 0 Å². The maximum Gasteiger partial charge on any atom is 0.259 e. The van der Waals surface area contributed by atoms with Crippen LogP contribution in [0.25, 0.3) is 0 Å². The van der Waals surface area contributed by atoms with Crippen molar-refractivity contribution in [3.63, 3.8) is 0 Å². The molecule has 2 rings (SSSR count). The number of hydrogen-bond acceptors (Lipinski definition) is 4. The van der Waals surface area contributed by atoms with E-state index in [4.69, 9.17) is 0 Å². The zero-order valence-electron chi connectivity index (χ0n) is 13.6. The van der Waals surface area contributed by atoms with Crippen LogP contribution in [0.3, 0.4) is 0 Å². The fraction of sp³-hybridized carbons (Fsp3) is 0.294. The molecule has 1 aromatic heterocycles. The van der Waals surface area contributed by atoms with Crippen LogP contribution in [-0.4, -0.2) is 31.5 Å². The Labute approximate surface area is 145 Å². The molecule has 0 aliphatic carbocycles. The van der Waals surface area contributed by atoms with E-state index in [9.17, 15) is 4.79 Å². The van der Waals surface area contributed by atoms with E-state index < -0.39 is 0 Å². The number of halogens is 1. The van der Waals surface area contributed by atoms with Crippen molar-refractivity contribution in [2.75, 3.05) is 30.9 Å². The first-order valence-corrected chi connectivity index (χ1v) is 8.24. The minimum atomic E-state index is -0.178. The van der Waals surface area contributed by atoms with Crippen molar-refractivity contribution in [3.8, 4) is 0 Å². The summed E-state index contributed by atoms with van der Waals surface area (Å²) in [5.41, 5.74) is 2.43. The quantitative estimate of drug-likeness (QED) is 0.811. The van der Waals surface area contributed by atoms with Gasteiger partial charge in [-0.15, -0.1) is 0 Å². The average Bonchev–Trinajstić information content (AvgIpc) is 2.52. The molecule has 2 N–H and O–H groups in total. The molecule has 0 saturated heterocycles. The molecule has 0 unspecified atom stereocenters. The number of nitrogens with one attached hydrogen (secondary N) is 2. The van der Waals surface area contributed by atoms with Crippen LogP contribution in [-0.2, 0) is 6.54 Å². The molecule has 0 fully saturated rings. The molecule has 23 heavy (non-hydrogen) atoms. The number of amides is 1. The third kappa shape index (κ3) is 4.77. The summed E-state index contributed by atoms with van der Waals surface area (Å²) < 4.78 is 0.772. The highest BCUT2D eigenvalue weighted by Gasteiger charge is 2.15. The van der Waals surface area contributed by atoms with Gasteiger partial charge in [0.2, 0.25) is 0 Å². The predicted molar refractivity (Wildman–Crippen MR) is 98.0 cm³/mol. The zero-order valence-corrected chi connectivity index (χ0v) is 15.1. The Kier molecular flexibility index (Phi) is 6.12. The van der Waals surface area contributed by atoms with Gasteiger partial charge in [-0.25, -0.2) is 4.98 Å². The third-order valence-electron chi connectivity index (χ3n) is 3.27. The largest absolute Gasteiger partial charge is 0.362 e. The fourth-order valence-corrected chi connectivity index (χ4v) is 2.51. The number of carbonyl (C=O) groups is 1. The summed E-state index contributed by atoms with van der Waals surface area (Å²) >= 11 is 3.37. The predicted octanol–water partition coefficient (Wildman–Crippen LogP) is 3.27. The van der Waals surface area contributed by atoms with Crippen LogP contribution >= 0.6 is 15.9 Å². The van der Waals surface area contributed by atoms with Gasteiger partial charge in [0.05, 0.1) is 5.56 Å². The number of pyridine rings is 1. The molecule has 122 valence electrons. The van der Waals surface area contributed by atoms with Crippen LogP contribution in [0.5, 0.6) is 0 Å². The Morgan fingerprint density at radius 2 is 2.09 bits per heavy atom. The lowest BCUT2D eigenvalue weighted by molar-refractivity contribution is 0.102. The maximum absolute atomic E-state index is 12.6. The summed E-state index contributed by atoms with van der Waals surface area (Å²) in [5, 5.41) is 6.22. The highest BCUT2D eigenvalue weighted by Crippen LogP contribution is 2.21. The topological polar surface area (TPSA) is 57.3 Å². The van der Waals surface area contributed by atoms with Crippen molar-refractivity contribution in [1.82, 2.24) is 10.3 Å². The highest BCUT2D eigenvalue weighted by molar-refractivity contribution is 9.10. The van der Waals surface area contributed by atoms with E-state index in [-0.39, 0.29) is 5.91 Å². The molecule has 6 heteroatoms. The number of rotatable bonds is 6. The molecule has 5 nitrogen and oxygen atoms in total. The first-order valence-electron chi connectivity index (χ1n) is 7.45. The number of benzene rings is 1. The van der Waals surface area contributed by atoms with Crippen LogP contribution in [0.1, 0.15) is 22.8 Å². The molecule has 1 amide bonds. The fourth-order valence-electron chi connectivity index (χ4n) is 2.18. The molecule has 1 heterocycles. The van der Waals surface area contributed by atoms with Crippen molar-refractivity contribution in [1.29, 1.82) is 0 Å². The number of carbonyl (C=O) groups excluding carboxylic acids is 1. The van der Waals surface area contributed by atoms with E-state index in [1.807, 2.05) is 43.3 Å². The second-order valence-electron chi connectivity index (χ2n) is 5.35. The number of aromatic nitrogens is 1. The van der Waals surface area contributed by atoms with Crippen molar-refractivity contribution in [3.05, 3.63) is 52.1 Å². The average molecular weight is 377 g/mol. The van der Waals surface area contributed by atoms with Gasteiger partial charge in [-0.05, 0) is 46.2 Å². The van der Waals surface area contributed by atoms with Crippen LogP contribution in [0.2, 0.25) is 0 Å². The Balaban J connectivity index is 2.21. The first-order chi connectivity index (χ1) is 11.0. The van der Waals surface area contributed by atoms with Gasteiger partial charge in [0.1, 0.15) is 5.82 Å². The lowest BCUT2D eigenvalue weighted by Crippen LogP contribution is -2.20. The summed E-state index contributed by atoms with van der Waals surface area (Å²) in [7, 11) is 3.73. The van der Waals surface area contributed by atoms with Gasteiger partial charge in [0, 0.05) is 37.0 Å². The van der Waals surface area contributed by atoms with E-state index in [0.29, 0.717) is 11.4 Å². The van der Waals surface area contributed by atoms with Crippen molar-refractivity contribution >= 4 is 33.3 Å². The van der Waals surface area contributed by atoms with Gasteiger partial charge in [-0.2, -0.15) is 0 Å². The van der Waals surface area contributed by atoms with Crippen molar-refractivity contribution in [2.24, 2.45) is 0 Å². The molecular weight excluding hydrogens is 356 g/mol. The van der Waals surface area contributed by atoms with E-state index in [0.717, 1.165) is 28.8 Å². The minimum absolute atomic E-state index is 0.178. The minimum Gasteiger partial charge on any atom is -0.362 e. The Morgan fingerprint density at radius 1 is 1.30 bits per heavy atom. The molecule has 0 atom stereocenters. The molecule has 0 spiro atoms. The summed E-state index contributed by atoms with van der Waals surface area (Å²) in [6.07, 6.45) is 1.68. The van der Waals surface area contributed by atoms with E-state index in [2.05, 4.69) is 38.5 Å². The molecule has 1 aromatic carbocycles. The Hall–Kier alpha value is -1.92. The van der Waals surface area contributed by atoms with E-state index in [1.54, 1.807) is 12.3 Å². The second-order valence-corrected chi connectivity index (χ2v) is 6.27.